The van der Waals surface area contributed by atoms with Crippen molar-refractivity contribution < 1.29 is 14.3 Å². The van der Waals surface area contributed by atoms with E-state index in [4.69, 9.17) is 9.47 Å². The van der Waals surface area contributed by atoms with Crippen LogP contribution in [0.1, 0.15) is 21.7 Å². The number of ether oxygens (including phenoxy) is 2. The molecule has 136 valence electrons. The second kappa shape index (κ2) is 7.52. The van der Waals surface area contributed by atoms with Crippen molar-refractivity contribution in [2.24, 2.45) is 0 Å². The standard InChI is InChI=1S/C21H24N2O3/c1-5-9-22(10-6-2)21(24)18-13-15(3)23(16(18)4)17-7-8-19-20(14-17)26-12-11-25-19/h5-8,13-14H,1-2,9-12H2,3-4H3. The van der Waals surface area contributed by atoms with Crippen LogP contribution in [-0.4, -0.2) is 41.7 Å². The summed E-state index contributed by atoms with van der Waals surface area (Å²) in [7, 11) is 0. The molecule has 0 unspecified atom stereocenters. The summed E-state index contributed by atoms with van der Waals surface area (Å²) in [5.41, 5.74) is 3.50. The van der Waals surface area contributed by atoms with Crippen molar-refractivity contribution in [3.05, 3.63) is 66.5 Å². The Bertz CT molecular complexity index is 841. The van der Waals surface area contributed by atoms with Crippen LogP contribution in [0, 0.1) is 13.8 Å². The number of hydrogen-bond donors (Lipinski definition) is 0. The predicted molar refractivity (Wildman–Crippen MR) is 103 cm³/mol. The lowest BCUT2D eigenvalue weighted by Crippen LogP contribution is -2.31. The number of rotatable bonds is 6. The molecule has 1 aliphatic heterocycles. The minimum atomic E-state index is -0.0262. The number of aryl methyl sites for hydroxylation is 1. The molecule has 1 aliphatic rings. The topological polar surface area (TPSA) is 43.7 Å². The predicted octanol–water partition coefficient (Wildman–Crippen LogP) is 3.68. The van der Waals surface area contributed by atoms with Crippen molar-refractivity contribution in [2.45, 2.75) is 13.8 Å². The van der Waals surface area contributed by atoms with Crippen LogP contribution in [0.5, 0.6) is 11.5 Å². The van der Waals surface area contributed by atoms with Crippen LogP contribution in [-0.2, 0) is 0 Å². The first kappa shape index (κ1) is 17.9. The smallest absolute Gasteiger partial charge is 0.256 e. The fraction of sp³-hybridized carbons (Fsp3) is 0.286. The minimum Gasteiger partial charge on any atom is -0.486 e. The molecule has 0 N–H and O–H groups in total. The highest BCUT2D eigenvalue weighted by molar-refractivity contribution is 5.96. The van der Waals surface area contributed by atoms with Gasteiger partial charge in [0.2, 0.25) is 0 Å². The molecular formula is C21H24N2O3. The first-order chi connectivity index (χ1) is 12.6. The number of amides is 1. The zero-order valence-corrected chi connectivity index (χ0v) is 15.3. The lowest BCUT2D eigenvalue weighted by molar-refractivity contribution is 0.0790. The Balaban J connectivity index is 1.99. The van der Waals surface area contributed by atoms with Crippen LogP contribution >= 0.6 is 0 Å². The molecule has 5 heteroatoms. The Morgan fingerprint density at radius 2 is 1.77 bits per heavy atom. The number of benzene rings is 1. The van der Waals surface area contributed by atoms with E-state index < -0.39 is 0 Å². The molecule has 1 aromatic heterocycles. The maximum absolute atomic E-state index is 12.9. The summed E-state index contributed by atoms with van der Waals surface area (Å²) in [5.74, 6) is 1.46. The minimum absolute atomic E-state index is 0.0262. The molecule has 0 aliphatic carbocycles. The van der Waals surface area contributed by atoms with Gasteiger partial charge in [-0.2, -0.15) is 0 Å². The molecule has 0 saturated carbocycles. The van der Waals surface area contributed by atoms with Crippen LogP contribution < -0.4 is 9.47 Å². The molecule has 0 saturated heterocycles. The zero-order valence-electron chi connectivity index (χ0n) is 15.3. The Labute approximate surface area is 154 Å². The van der Waals surface area contributed by atoms with E-state index in [9.17, 15) is 4.79 Å². The molecule has 0 spiro atoms. The van der Waals surface area contributed by atoms with Crippen molar-refractivity contribution >= 4 is 5.91 Å². The van der Waals surface area contributed by atoms with Gasteiger partial charge >= 0.3 is 0 Å². The first-order valence-electron chi connectivity index (χ1n) is 8.66. The van der Waals surface area contributed by atoms with E-state index in [2.05, 4.69) is 17.7 Å². The van der Waals surface area contributed by atoms with Gasteiger partial charge in [0.05, 0.1) is 5.56 Å². The summed E-state index contributed by atoms with van der Waals surface area (Å²) in [4.78, 5) is 14.7. The van der Waals surface area contributed by atoms with Gasteiger partial charge in [-0.1, -0.05) is 12.2 Å². The second-order valence-electron chi connectivity index (χ2n) is 6.24. The number of fused-ring (bicyclic) bond motifs is 1. The van der Waals surface area contributed by atoms with Gasteiger partial charge in [0, 0.05) is 36.2 Å². The van der Waals surface area contributed by atoms with Crippen LogP contribution in [0.25, 0.3) is 5.69 Å². The maximum atomic E-state index is 12.9. The van der Waals surface area contributed by atoms with Gasteiger partial charge < -0.3 is 18.9 Å². The number of carbonyl (C=O) groups excluding carboxylic acids is 1. The van der Waals surface area contributed by atoms with E-state index in [1.807, 2.05) is 38.1 Å². The van der Waals surface area contributed by atoms with Crippen molar-refractivity contribution in [3.8, 4) is 17.2 Å². The third-order valence-corrected chi connectivity index (χ3v) is 4.43. The Morgan fingerprint density at radius 1 is 1.12 bits per heavy atom. The van der Waals surface area contributed by atoms with Gasteiger partial charge in [-0.3, -0.25) is 4.79 Å². The molecule has 0 fully saturated rings. The number of hydrogen-bond acceptors (Lipinski definition) is 3. The summed E-state index contributed by atoms with van der Waals surface area (Å²) in [6, 6.07) is 7.76. The van der Waals surface area contributed by atoms with E-state index >= 15 is 0 Å². The number of nitrogens with zero attached hydrogens (tertiary/aromatic N) is 2. The third kappa shape index (κ3) is 3.25. The normalized spacial score (nSPS) is 12.5. The molecule has 0 radical (unpaired) electrons. The summed E-state index contributed by atoms with van der Waals surface area (Å²) < 4.78 is 13.3. The largest absolute Gasteiger partial charge is 0.486 e. The van der Waals surface area contributed by atoms with Crippen molar-refractivity contribution in [1.82, 2.24) is 9.47 Å². The van der Waals surface area contributed by atoms with Gasteiger partial charge in [0.15, 0.2) is 11.5 Å². The van der Waals surface area contributed by atoms with E-state index in [-0.39, 0.29) is 5.91 Å². The van der Waals surface area contributed by atoms with Crippen LogP contribution in [0.4, 0.5) is 0 Å². The quantitative estimate of drug-likeness (QED) is 0.745. The highest BCUT2D eigenvalue weighted by Crippen LogP contribution is 2.33. The van der Waals surface area contributed by atoms with Gasteiger partial charge in [-0.25, -0.2) is 0 Å². The summed E-state index contributed by atoms with van der Waals surface area (Å²) in [6.45, 7) is 13.5. The molecule has 3 rings (SSSR count). The van der Waals surface area contributed by atoms with Gasteiger partial charge in [-0.05, 0) is 32.0 Å². The van der Waals surface area contributed by atoms with Crippen LogP contribution in [0.15, 0.2) is 49.6 Å². The number of aromatic nitrogens is 1. The highest BCUT2D eigenvalue weighted by atomic mass is 16.6. The van der Waals surface area contributed by atoms with Crippen LogP contribution in [0.2, 0.25) is 0 Å². The van der Waals surface area contributed by atoms with Crippen molar-refractivity contribution in [2.75, 3.05) is 26.3 Å². The zero-order chi connectivity index (χ0) is 18.7. The summed E-state index contributed by atoms with van der Waals surface area (Å²) >= 11 is 0. The molecular weight excluding hydrogens is 328 g/mol. The monoisotopic (exact) mass is 352 g/mol. The Kier molecular flexibility index (Phi) is 5.16. The van der Waals surface area contributed by atoms with Gasteiger partial charge in [0.25, 0.3) is 5.91 Å². The molecule has 1 amide bonds. The Hall–Kier alpha value is -2.95. The average Bonchev–Trinajstić information content (AvgIpc) is 2.95. The molecule has 1 aromatic carbocycles. The maximum Gasteiger partial charge on any atom is 0.256 e. The molecule has 2 aromatic rings. The van der Waals surface area contributed by atoms with E-state index in [0.29, 0.717) is 31.9 Å². The second-order valence-corrected chi connectivity index (χ2v) is 6.24. The molecule has 2 heterocycles. The van der Waals surface area contributed by atoms with E-state index in [1.54, 1.807) is 17.1 Å². The highest BCUT2D eigenvalue weighted by Gasteiger charge is 2.21. The van der Waals surface area contributed by atoms with Crippen molar-refractivity contribution in [3.63, 3.8) is 0 Å². The van der Waals surface area contributed by atoms with E-state index in [1.165, 1.54) is 0 Å². The summed E-state index contributed by atoms with van der Waals surface area (Å²) in [5, 5.41) is 0. The Morgan fingerprint density at radius 3 is 2.42 bits per heavy atom. The van der Waals surface area contributed by atoms with Crippen LogP contribution in [0.3, 0.4) is 0 Å². The molecule has 0 bridgehead atoms. The lowest BCUT2D eigenvalue weighted by Gasteiger charge is -2.21. The van der Waals surface area contributed by atoms with Gasteiger partial charge in [-0.15, -0.1) is 13.2 Å². The molecule has 5 nitrogen and oxygen atoms in total. The fourth-order valence-electron chi connectivity index (χ4n) is 3.27. The van der Waals surface area contributed by atoms with E-state index in [0.717, 1.165) is 28.6 Å². The summed E-state index contributed by atoms with van der Waals surface area (Å²) in [6.07, 6.45) is 3.45. The van der Waals surface area contributed by atoms with Crippen molar-refractivity contribution in [1.29, 1.82) is 0 Å². The fourth-order valence-corrected chi connectivity index (χ4v) is 3.27. The first-order valence-corrected chi connectivity index (χ1v) is 8.66. The van der Waals surface area contributed by atoms with Gasteiger partial charge in [0.1, 0.15) is 13.2 Å². The number of carbonyl (C=O) groups is 1. The lowest BCUT2D eigenvalue weighted by atomic mass is 10.2. The average molecular weight is 352 g/mol. The third-order valence-electron chi connectivity index (χ3n) is 4.43. The molecule has 26 heavy (non-hydrogen) atoms. The SMILES string of the molecule is C=CCN(CC=C)C(=O)c1cc(C)n(-c2ccc3c(c2)OCCO3)c1C. The molecule has 0 atom stereocenters.